The molecule has 0 bridgehead atoms. The molecule has 42 heavy (non-hydrogen) atoms. The van der Waals surface area contributed by atoms with Gasteiger partial charge >= 0.3 is 18.1 Å². The standard InChI is InChI=1S/C32H35F3N2O5/c1-4-14-37-15-13-31(24-8-6-10-27(17-24)41-21(2)38)19-26(18-29(28(31)20-37)42-22(3)39)36-30(40)12-11-23-7-5-9-25(16-23)32(33,34)35/h4-12,16-17,26,28-29H,1,13-15,18-20H2,2-3H3,(H,36,40). The van der Waals surface area contributed by atoms with Crippen molar-refractivity contribution in [3.8, 4) is 5.75 Å². The minimum atomic E-state index is -4.49. The molecule has 1 aliphatic carbocycles. The maximum atomic E-state index is 13.1. The van der Waals surface area contributed by atoms with E-state index < -0.39 is 47.1 Å². The molecule has 0 aromatic heterocycles. The van der Waals surface area contributed by atoms with Crippen molar-refractivity contribution in [2.75, 3.05) is 19.6 Å². The number of rotatable bonds is 8. The lowest BCUT2D eigenvalue weighted by Crippen LogP contribution is -2.61. The number of benzene rings is 2. The van der Waals surface area contributed by atoms with Crippen LogP contribution in [0.25, 0.3) is 6.08 Å². The van der Waals surface area contributed by atoms with Crippen molar-refractivity contribution in [2.45, 2.75) is 56.8 Å². The zero-order chi connectivity index (χ0) is 30.5. The lowest BCUT2D eigenvalue weighted by molar-refractivity contribution is -0.157. The molecule has 224 valence electrons. The van der Waals surface area contributed by atoms with Gasteiger partial charge in [0.2, 0.25) is 5.91 Å². The van der Waals surface area contributed by atoms with Crippen LogP contribution in [-0.4, -0.2) is 54.5 Å². The second kappa shape index (κ2) is 12.9. The van der Waals surface area contributed by atoms with Crippen LogP contribution in [0.3, 0.4) is 0 Å². The fourth-order valence-electron chi connectivity index (χ4n) is 6.33. The normalized spacial score (nSPS) is 24.5. The number of hydrogen-bond donors (Lipinski definition) is 1. The highest BCUT2D eigenvalue weighted by Gasteiger charge is 2.53. The first-order valence-corrected chi connectivity index (χ1v) is 13.8. The Bertz CT molecular complexity index is 1360. The van der Waals surface area contributed by atoms with Gasteiger partial charge in [0.1, 0.15) is 11.9 Å². The third-order valence-corrected chi connectivity index (χ3v) is 7.98. The van der Waals surface area contributed by atoms with Crippen molar-refractivity contribution >= 4 is 23.9 Å². The summed E-state index contributed by atoms with van der Waals surface area (Å²) < 4.78 is 50.5. The predicted molar refractivity (Wildman–Crippen MR) is 151 cm³/mol. The summed E-state index contributed by atoms with van der Waals surface area (Å²) in [6.07, 6.45) is 0.981. The third kappa shape index (κ3) is 7.47. The molecule has 4 atom stereocenters. The molecule has 1 saturated heterocycles. The number of amides is 1. The summed E-state index contributed by atoms with van der Waals surface area (Å²) in [6, 6.07) is 11.7. The van der Waals surface area contributed by atoms with Gasteiger partial charge < -0.3 is 14.8 Å². The number of alkyl halides is 3. The zero-order valence-electron chi connectivity index (χ0n) is 23.7. The van der Waals surface area contributed by atoms with Crippen molar-refractivity contribution < 1.29 is 37.0 Å². The van der Waals surface area contributed by atoms with Crippen LogP contribution < -0.4 is 10.1 Å². The average Bonchev–Trinajstić information content (AvgIpc) is 2.91. The van der Waals surface area contributed by atoms with Crippen LogP contribution in [0.15, 0.2) is 67.3 Å². The molecular weight excluding hydrogens is 549 g/mol. The molecule has 2 aliphatic rings. The van der Waals surface area contributed by atoms with Gasteiger partial charge in [-0.05, 0) is 60.9 Å². The summed E-state index contributed by atoms with van der Waals surface area (Å²) >= 11 is 0. The van der Waals surface area contributed by atoms with Crippen LogP contribution in [0, 0.1) is 5.92 Å². The summed E-state index contributed by atoms with van der Waals surface area (Å²) in [6.45, 7) is 8.59. The molecule has 7 nitrogen and oxygen atoms in total. The number of carbonyl (C=O) groups excluding carboxylic acids is 3. The van der Waals surface area contributed by atoms with E-state index in [0.717, 1.165) is 24.2 Å². The van der Waals surface area contributed by atoms with Gasteiger partial charge in [-0.3, -0.25) is 19.3 Å². The molecule has 2 fully saturated rings. The summed E-state index contributed by atoms with van der Waals surface area (Å²) in [4.78, 5) is 39.1. The Kier molecular flexibility index (Phi) is 9.56. The lowest BCUT2D eigenvalue weighted by Gasteiger charge is -2.55. The van der Waals surface area contributed by atoms with Crippen LogP contribution >= 0.6 is 0 Å². The van der Waals surface area contributed by atoms with E-state index in [1.165, 1.54) is 38.1 Å². The van der Waals surface area contributed by atoms with Gasteiger partial charge in [0.25, 0.3) is 0 Å². The van der Waals surface area contributed by atoms with E-state index in [9.17, 15) is 27.6 Å². The van der Waals surface area contributed by atoms with E-state index >= 15 is 0 Å². The summed E-state index contributed by atoms with van der Waals surface area (Å²) in [5.41, 5.74) is -0.155. The Balaban J connectivity index is 1.64. The number of esters is 2. The van der Waals surface area contributed by atoms with Crippen LogP contribution in [0.1, 0.15) is 49.8 Å². The minimum absolute atomic E-state index is 0.114. The number of fused-ring (bicyclic) bond motifs is 1. The first-order chi connectivity index (χ1) is 19.9. The fourth-order valence-corrected chi connectivity index (χ4v) is 6.33. The maximum absolute atomic E-state index is 13.1. The highest BCUT2D eigenvalue weighted by atomic mass is 19.4. The molecule has 4 unspecified atom stereocenters. The van der Waals surface area contributed by atoms with Gasteiger partial charge in [-0.15, -0.1) is 6.58 Å². The smallest absolute Gasteiger partial charge is 0.416 e. The number of carbonyl (C=O) groups is 3. The van der Waals surface area contributed by atoms with Gasteiger partial charge in [-0.1, -0.05) is 30.3 Å². The summed E-state index contributed by atoms with van der Waals surface area (Å²) in [5, 5.41) is 2.99. The number of piperidine rings is 1. The van der Waals surface area contributed by atoms with Gasteiger partial charge in [0, 0.05) is 56.8 Å². The summed E-state index contributed by atoms with van der Waals surface area (Å²) in [7, 11) is 0. The number of nitrogens with zero attached hydrogens (tertiary/aromatic N) is 1. The number of nitrogens with one attached hydrogen (secondary N) is 1. The predicted octanol–water partition coefficient (Wildman–Crippen LogP) is 5.30. The van der Waals surface area contributed by atoms with E-state index in [4.69, 9.17) is 9.47 Å². The second-order valence-electron chi connectivity index (χ2n) is 10.9. The molecule has 4 rings (SSSR count). The van der Waals surface area contributed by atoms with Crippen molar-refractivity contribution in [2.24, 2.45) is 5.92 Å². The molecule has 2 aromatic carbocycles. The highest BCUT2D eigenvalue weighted by molar-refractivity contribution is 5.92. The Morgan fingerprint density at radius 1 is 1.12 bits per heavy atom. The topological polar surface area (TPSA) is 84.9 Å². The highest BCUT2D eigenvalue weighted by Crippen LogP contribution is 2.50. The number of likely N-dealkylation sites (tertiary alicyclic amines) is 1. The first kappa shape index (κ1) is 31.0. The van der Waals surface area contributed by atoms with Gasteiger partial charge in [-0.2, -0.15) is 13.2 Å². The second-order valence-corrected chi connectivity index (χ2v) is 10.9. The fraction of sp³-hybridized carbons (Fsp3) is 0.406. The van der Waals surface area contributed by atoms with Crippen LogP contribution in [-0.2, 0) is 30.7 Å². The van der Waals surface area contributed by atoms with Crippen molar-refractivity contribution in [3.05, 3.63) is 84.0 Å². The molecule has 1 heterocycles. The van der Waals surface area contributed by atoms with Crippen LogP contribution in [0.4, 0.5) is 13.2 Å². The number of hydrogen-bond acceptors (Lipinski definition) is 6. The number of ether oxygens (including phenoxy) is 2. The van der Waals surface area contributed by atoms with Crippen LogP contribution in [0.2, 0.25) is 0 Å². The van der Waals surface area contributed by atoms with Crippen molar-refractivity contribution in [3.63, 3.8) is 0 Å². The quantitative estimate of drug-likeness (QED) is 0.196. The van der Waals surface area contributed by atoms with Gasteiger partial charge in [0.15, 0.2) is 0 Å². The Morgan fingerprint density at radius 2 is 1.88 bits per heavy atom. The van der Waals surface area contributed by atoms with E-state index in [-0.39, 0.29) is 11.5 Å². The van der Waals surface area contributed by atoms with E-state index in [0.29, 0.717) is 38.1 Å². The molecule has 0 spiro atoms. The van der Waals surface area contributed by atoms with Gasteiger partial charge in [-0.25, -0.2) is 0 Å². The lowest BCUT2D eigenvalue weighted by atomic mass is 9.57. The molecule has 1 amide bonds. The molecular formula is C32H35F3N2O5. The summed E-state index contributed by atoms with van der Waals surface area (Å²) in [5.74, 6) is -1.05. The molecule has 10 heteroatoms. The zero-order valence-corrected chi connectivity index (χ0v) is 23.7. The molecule has 0 radical (unpaired) electrons. The van der Waals surface area contributed by atoms with Crippen molar-refractivity contribution in [1.29, 1.82) is 0 Å². The van der Waals surface area contributed by atoms with E-state index in [1.807, 2.05) is 24.3 Å². The number of halogens is 3. The molecule has 1 N–H and O–H groups in total. The molecule has 1 saturated carbocycles. The monoisotopic (exact) mass is 584 g/mol. The Labute approximate surface area is 243 Å². The van der Waals surface area contributed by atoms with E-state index in [2.05, 4.69) is 16.8 Å². The largest absolute Gasteiger partial charge is 0.462 e. The van der Waals surface area contributed by atoms with Gasteiger partial charge in [0.05, 0.1) is 5.56 Å². The molecule has 1 aliphatic heterocycles. The van der Waals surface area contributed by atoms with Crippen molar-refractivity contribution in [1.82, 2.24) is 10.2 Å². The van der Waals surface area contributed by atoms with Crippen LogP contribution in [0.5, 0.6) is 5.75 Å². The maximum Gasteiger partial charge on any atom is 0.416 e. The minimum Gasteiger partial charge on any atom is -0.462 e. The average molecular weight is 585 g/mol. The third-order valence-electron chi connectivity index (χ3n) is 7.98. The Hall–Kier alpha value is -3.92. The SMILES string of the molecule is C=CCN1CCC2(c3cccc(OC(C)=O)c3)CC(NC(=O)C=Cc3cccc(C(F)(F)F)c3)CC(OC(C)=O)C2C1. The first-order valence-electron chi connectivity index (χ1n) is 13.8. The van der Waals surface area contributed by atoms with E-state index in [1.54, 1.807) is 6.07 Å². The Morgan fingerprint density at radius 3 is 2.57 bits per heavy atom. The molecule has 2 aromatic rings.